The second-order valence-electron chi connectivity index (χ2n) is 5.86. The fourth-order valence-electron chi connectivity index (χ4n) is 3.04. The molecule has 1 fully saturated rings. The highest BCUT2D eigenvalue weighted by atomic mass is 32.1. The van der Waals surface area contributed by atoms with Gasteiger partial charge < -0.3 is 10.2 Å². The van der Waals surface area contributed by atoms with E-state index in [0.29, 0.717) is 17.2 Å². The summed E-state index contributed by atoms with van der Waals surface area (Å²) in [6.07, 6.45) is 3.61. The zero-order chi connectivity index (χ0) is 17.1. The molecule has 1 aliphatic heterocycles. The van der Waals surface area contributed by atoms with Crippen molar-refractivity contribution in [3.63, 3.8) is 0 Å². The molecule has 0 bridgehead atoms. The van der Waals surface area contributed by atoms with Crippen LogP contribution in [0.5, 0.6) is 0 Å². The molecule has 1 aliphatic rings. The fourth-order valence-corrected chi connectivity index (χ4v) is 3.68. The number of thiophene rings is 1. The van der Waals surface area contributed by atoms with Crippen LogP contribution in [0.1, 0.15) is 52.6 Å². The predicted molar refractivity (Wildman–Crippen MR) is 91.6 cm³/mol. The van der Waals surface area contributed by atoms with Crippen molar-refractivity contribution in [2.45, 2.75) is 39.3 Å². The van der Waals surface area contributed by atoms with Crippen LogP contribution in [0.4, 0.5) is 0 Å². The normalized spacial score (nSPS) is 17.1. The number of carbonyl (C=O) groups excluding carboxylic acids is 2. The van der Waals surface area contributed by atoms with Crippen LogP contribution in [-0.2, 0) is 11.3 Å². The zero-order valence-electron chi connectivity index (χ0n) is 13.8. The Bertz CT molecular complexity index is 745. The van der Waals surface area contributed by atoms with Crippen LogP contribution in [0.25, 0.3) is 0 Å². The molecule has 2 aromatic rings. The van der Waals surface area contributed by atoms with Gasteiger partial charge in [-0.3, -0.25) is 9.59 Å². The molecule has 3 heterocycles. The molecule has 7 heteroatoms. The standard InChI is InChI=1S/C17H20N4O2S/c1-11-18-9-13(10-19-17(23)15-6-4-8-24-15)16(20-11)14-5-3-7-21(14)12(2)22/h4,6,8-9,14H,3,5,7,10H2,1-2H3,(H,19,23)/t14-/m1/s1. The number of amides is 2. The highest BCUT2D eigenvalue weighted by Crippen LogP contribution is 2.32. The molecule has 0 aromatic carbocycles. The van der Waals surface area contributed by atoms with Crippen LogP contribution >= 0.6 is 11.3 Å². The first-order valence-corrected chi connectivity index (χ1v) is 8.85. The summed E-state index contributed by atoms with van der Waals surface area (Å²) in [5.41, 5.74) is 1.71. The maximum atomic E-state index is 12.1. The quantitative estimate of drug-likeness (QED) is 0.924. The van der Waals surface area contributed by atoms with Gasteiger partial charge in [0.25, 0.3) is 5.91 Å². The maximum absolute atomic E-state index is 12.1. The fraction of sp³-hybridized carbons (Fsp3) is 0.412. The molecule has 0 unspecified atom stereocenters. The number of aromatic nitrogens is 2. The summed E-state index contributed by atoms with van der Waals surface area (Å²) < 4.78 is 0. The largest absolute Gasteiger partial charge is 0.347 e. The minimum Gasteiger partial charge on any atom is -0.347 e. The molecule has 0 saturated carbocycles. The SMILES string of the molecule is CC(=O)N1CCC[C@@H]1c1nc(C)ncc1CNC(=O)c1cccs1. The number of aryl methyl sites for hydroxylation is 1. The van der Waals surface area contributed by atoms with Crippen LogP contribution in [-0.4, -0.2) is 33.2 Å². The topological polar surface area (TPSA) is 75.2 Å². The average Bonchev–Trinajstić information content (AvgIpc) is 3.24. The summed E-state index contributed by atoms with van der Waals surface area (Å²) in [4.78, 5) is 35.4. The number of nitrogens with one attached hydrogen (secondary N) is 1. The van der Waals surface area contributed by atoms with Gasteiger partial charge in [0, 0.05) is 31.8 Å². The molecular formula is C17H20N4O2S. The second kappa shape index (κ2) is 7.09. The minimum atomic E-state index is -0.105. The summed E-state index contributed by atoms with van der Waals surface area (Å²) in [6.45, 7) is 4.54. The van der Waals surface area contributed by atoms with E-state index in [2.05, 4.69) is 15.3 Å². The molecular weight excluding hydrogens is 324 g/mol. The van der Waals surface area contributed by atoms with Gasteiger partial charge in [-0.15, -0.1) is 11.3 Å². The Kier molecular flexibility index (Phi) is 4.89. The highest BCUT2D eigenvalue weighted by molar-refractivity contribution is 7.12. The van der Waals surface area contributed by atoms with Crippen LogP contribution in [0.3, 0.4) is 0 Å². The Labute approximate surface area is 144 Å². The van der Waals surface area contributed by atoms with Crippen molar-refractivity contribution in [1.29, 1.82) is 0 Å². The van der Waals surface area contributed by atoms with E-state index < -0.39 is 0 Å². The van der Waals surface area contributed by atoms with Crippen molar-refractivity contribution >= 4 is 23.2 Å². The minimum absolute atomic E-state index is 0.0298. The van der Waals surface area contributed by atoms with Crippen LogP contribution < -0.4 is 5.32 Å². The predicted octanol–water partition coefficient (Wildman–Crippen LogP) is 2.46. The molecule has 0 spiro atoms. The molecule has 3 rings (SSSR count). The Hall–Kier alpha value is -2.28. The monoisotopic (exact) mass is 344 g/mol. The van der Waals surface area contributed by atoms with Gasteiger partial charge in [0.1, 0.15) is 5.82 Å². The Balaban J connectivity index is 1.81. The molecule has 1 atom stereocenters. The smallest absolute Gasteiger partial charge is 0.261 e. The van der Waals surface area contributed by atoms with E-state index in [1.165, 1.54) is 11.3 Å². The summed E-state index contributed by atoms with van der Waals surface area (Å²) in [5.74, 6) is 0.627. The lowest BCUT2D eigenvalue weighted by atomic mass is 10.1. The van der Waals surface area contributed by atoms with Crippen molar-refractivity contribution in [1.82, 2.24) is 20.2 Å². The number of likely N-dealkylation sites (tertiary alicyclic amines) is 1. The third-order valence-corrected chi connectivity index (χ3v) is 5.04. The number of rotatable bonds is 4. The number of hydrogen-bond acceptors (Lipinski definition) is 5. The van der Waals surface area contributed by atoms with Crippen LogP contribution in [0, 0.1) is 6.92 Å². The van der Waals surface area contributed by atoms with Gasteiger partial charge in [-0.25, -0.2) is 9.97 Å². The number of nitrogens with zero attached hydrogens (tertiary/aromatic N) is 3. The lowest BCUT2D eigenvalue weighted by molar-refractivity contribution is -0.129. The molecule has 0 radical (unpaired) electrons. The number of hydrogen-bond donors (Lipinski definition) is 1. The van der Waals surface area contributed by atoms with Crippen molar-refractivity contribution in [3.05, 3.63) is 45.7 Å². The Morgan fingerprint density at radius 2 is 2.29 bits per heavy atom. The van der Waals surface area contributed by atoms with Gasteiger partial charge in [0.2, 0.25) is 5.91 Å². The van der Waals surface area contributed by atoms with Crippen molar-refractivity contribution in [2.75, 3.05) is 6.54 Å². The van der Waals surface area contributed by atoms with E-state index in [1.54, 1.807) is 19.2 Å². The zero-order valence-corrected chi connectivity index (χ0v) is 14.6. The number of carbonyl (C=O) groups is 2. The molecule has 6 nitrogen and oxygen atoms in total. The van der Waals surface area contributed by atoms with E-state index in [-0.39, 0.29) is 17.9 Å². The van der Waals surface area contributed by atoms with Gasteiger partial charge >= 0.3 is 0 Å². The third kappa shape index (κ3) is 3.46. The molecule has 2 amide bonds. The van der Waals surface area contributed by atoms with Crippen molar-refractivity contribution in [3.8, 4) is 0 Å². The first kappa shape index (κ1) is 16.6. The third-order valence-electron chi connectivity index (χ3n) is 4.18. The van der Waals surface area contributed by atoms with E-state index in [1.807, 2.05) is 23.3 Å². The molecule has 2 aromatic heterocycles. The summed E-state index contributed by atoms with van der Waals surface area (Å²) in [5, 5.41) is 4.79. The lowest BCUT2D eigenvalue weighted by Gasteiger charge is -2.24. The van der Waals surface area contributed by atoms with Gasteiger partial charge in [-0.2, -0.15) is 0 Å². The lowest BCUT2D eigenvalue weighted by Crippen LogP contribution is -2.30. The molecule has 1 saturated heterocycles. The molecule has 24 heavy (non-hydrogen) atoms. The van der Waals surface area contributed by atoms with E-state index in [0.717, 1.165) is 30.6 Å². The van der Waals surface area contributed by atoms with Gasteiger partial charge in [-0.05, 0) is 31.2 Å². The van der Waals surface area contributed by atoms with E-state index in [4.69, 9.17) is 0 Å². The van der Waals surface area contributed by atoms with Crippen molar-refractivity contribution in [2.24, 2.45) is 0 Å². The molecule has 126 valence electrons. The maximum Gasteiger partial charge on any atom is 0.261 e. The first-order valence-electron chi connectivity index (χ1n) is 7.97. The Morgan fingerprint density at radius 3 is 3.00 bits per heavy atom. The van der Waals surface area contributed by atoms with Gasteiger partial charge in [-0.1, -0.05) is 6.07 Å². The first-order chi connectivity index (χ1) is 11.6. The van der Waals surface area contributed by atoms with Gasteiger partial charge in [0.15, 0.2) is 0 Å². The summed E-state index contributed by atoms with van der Waals surface area (Å²) in [6, 6.07) is 3.61. The van der Waals surface area contributed by atoms with Crippen molar-refractivity contribution < 1.29 is 9.59 Å². The van der Waals surface area contributed by atoms with Crippen LogP contribution in [0.2, 0.25) is 0 Å². The summed E-state index contributed by atoms with van der Waals surface area (Å²) >= 11 is 1.41. The average molecular weight is 344 g/mol. The van der Waals surface area contributed by atoms with E-state index in [9.17, 15) is 9.59 Å². The molecule has 1 N–H and O–H groups in total. The molecule has 0 aliphatic carbocycles. The van der Waals surface area contributed by atoms with Gasteiger partial charge in [0.05, 0.1) is 16.6 Å². The second-order valence-corrected chi connectivity index (χ2v) is 6.81. The van der Waals surface area contributed by atoms with Crippen LogP contribution in [0.15, 0.2) is 23.7 Å². The summed E-state index contributed by atoms with van der Waals surface area (Å²) in [7, 11) is 0. The van der Waals surface area contributed by atoms with E-state index >= 15 is 0 Å². The highest BCUT2D eigenvalue weighted by Gasteiger charge is 2.31. The Morgan fingerprint density at radius 1 is 1.46 bits per heavy atom.